The number of piperazine rings is 1. The second-order valence-corrected chi connectivity index (χ2v) is 8.87. The summed E-state index contributed by atoms with van der Waals surface area (Å²) in [7, 11) is 0. The molecule has 0 aliphatic carbocycles. The van der Waals surface area contributed by atoms with E-state index in [2.05, 4.69) is 32.0 Å². The lowest BCUT2D eigenvalue weighted by atomic mass is 10.2. The van der Waals surface area contributed by atoms with Gasteiger partial charge in [0, 0.05) is 26.2 Å². The second-order valence-electron chi connectivity index (χ2n) is 7.49. The van der Waals surface area contributed by atoms with Crippen molar-refractivity contribution in [1.82, 2.24) is 19.4 Å². The number of rotatable bonds is 5. The minimum absolute atomic E-state index is 0.0486. The van der Waals surface area contributed by atoms with E-state index in [-0.39, 0.29) is 10.7 Å². The molecule has 3 heterocycles. The number of nitrogens with one attached hydrogen (secondary N) is 1. The highest BCUT2D eigenvalue weighted by atomic mass is 35.5. The molecule has 13 heteroatoms. The van der Waals surface area contributed by atoms with Crippen molar-refractivity contribution in [3.63, 3.8) is 0 Å². The fourth-order valence-corrected chi connectivity index (χ4v) is 4.67. The van der Waals surface area contributed by atoms with Crippen LogP contribution < -0.4 is 15.8 Å². The Bertz CT molecular complexity index is 1240. The van der Waals surface area contributed by atoms with E-state index in [1.54, 1.807) is 0 Å². The fourth-order valence-electron chi connectivity index (χ4n) is 3.48. The Balaban J connectivity index is 1.51. The minimum atomic E-state index is -4.58. The van der Waals surface area contributed by atoms with Crippen molar-refractivity contribution in [2.45, 2.75) is 19.6 Å². The zero-order valence-corrected chi connectivity index (χ0v) is 19.1. The predicted molar refractivity (Wildman–Crippen MR) is 121 cm³/mol. The highest BCUT2D eigenvalue weighted by Gasteiger charge is 2.31. The highest BCUT2D eigenvalue weighted by Crippen LogP contribution is 2.33. The van der Waals surface area contributed by atoms with Gasteiger partial charge in [-0.05, 0) is 24.7 Å². The highest BCUT2D eigenvalue weighted by molar-refractivity contribution is 7.22. The van der Waals surface area contributed by atoms with Gasteiger partial charge in [-0.25, -0.2) is 4.98 Å². The summed E-state index contributed by atoms with van der Waals surface area (Å²) in [6, 6.07) is 2.63. The molecular weight excluding hydrogens is 481 g/mol. The zero-order chi connectivity index (χ0) is 23.8. The first-order chi connectivity index (χ1) is 15.7. The van der Waals surface area contributed by atoms with Gasteiger partial charge in [-0.3, -0.25) is 14.2 Å². The van der Waals surface area contributed by atoms with Gasteiger partial charge in [-0.1, -0.05) is 29.9 Å². The standard InChI is InChI=1S/C20H20ClF3N6O2S/c1-2-28-5-7-29(8-6-28)19-27-17-16(33-19)18(32)30(11-25-17)10-15(31)26-14-9-12(20(22,23)24)3-4-13(14)21/h3-4,9,11H,2,5-8,10H2,1H3,(H,26,31). The molecule has 1 aliphatic heterocycles. The monoisotopic (exact) mass is 500 g/mol. The van der Waals surface area contributed by atoms with Crippen molar-refractivity contribution >= 4 is 50.0 Å². The van der Waals surface area contributed by atoms with E-state index >= 15 is 0 Å². The number of alkyl halides is 3. The molecule has 0 saturated carbocycles. The van der Waals surface area contributed by atoms with Crippen LogP contribution in [0.1, 0.15) is 12.5 Å². The van der Waals surface area contributed by atoms with Crippen molar-refractivity contribution in [2.24, 2.45) is 0 Å². The molecule has 1 fully saturated rings. The third-order valence-electron chi connectivity index (χ3n) is 5.34. The van der Waals surface area contributed by atoms with Crippen LogP contribution in [0, 0.1) is 0 Å². The molecule has 8 nitrogen and oxygen atoms in total. The number of benzene rings is 1. The van der Waals surface area contributed by atoms with Gasteiger partial charge in [0.1, 0.15) is 17.6 Å². The van der Waals surface area contributed by atoms with Gasteiger partial charge in [0.25, 0.3) is 5.56 Å². The van der Waals surface area contributed by atoms with Gasteiger partial charge in [0.2, 0.25) is 5.91 Å². The Morgan fingerprint density at radius 2 is 1.97 bits per heavy atom. The molecule has 1 saturated heterocycles. The van der Waals surface area contributed by atoms with Crippen LogP contribution in [0.3, 0.4) is 0 Å². The van der Waals surface area contributed by atoms with Gasteiger partial charge < -0.3 is 15.1 Å². The number of anilines is 2. The molecule has 4 rings (SSSR count). The Hall–Kier alpha value is -2.70. The number of amides is 1. The van der Waals surface area contributed by atoms with Crippen LogP contribution in [-0.2, 0) is 17.5 Å². The average Bonchev–Trinajstić information content (AvgIpc) is 3.22. The number of fused-ring (bicyclic) bond motifs is 1. The zero-order valence-electron chi connectivity index (χ0n) is 17.5. The lowest BCUT2D eigenvalue weighted by molar-refractivity contribution is -0.137. The molecule has 0 unspecified atom stereocenters. The fraction of sp³-hybridized carbons (Fsp3) is 0.400. The van der Waals surface area contributed by atoms with E-state index in [1.807, 2.05) is 0 Å². The predicted octanol–water partition coefficient (Wildman–Crippen LogP) is 3.31. The number of likely N-dealkylation sites (N-methyl/N-ethyl adjacent to an activating group) is 1. The number of hydrogen-bond acceptors (Lipinski definition) is 7. The van der Waals surface area contributed by atoms with Crippen LogP contribution in [0.15, 0.2) is 29.3 Å². The van der Waals surface area contributed by atoms with Gasteiger partial charge in [-0.15, -0.1) is 0 Å². The Morgan fingerprint density at radius 1 is 1.24 bits per heavy atom. The lowest BCUT2D eigenvalue weighted by Crippen LogP contribution is -2.46. The van der Waals surface area contributed by atoms with E-state index < -0.39 is 29.8 Å². The first kappa shape index (κ1) is 23.5. The molecule has 176 valence electrons. The Kier molecular flexibility index (Phi) is 6.59. The van der Waals surface area contributed by atoms with Crippen molar-refractivity contribution in [2.75, 3.05) is 42.9 Å². The summed E-state index contributed by atoms with van der Waals surface area (Å²) in [4.78, 5) is 38.4. The average molecular weight is 501 g/mol. The number of thiazole rings is 1. The maximum Gasteiger partial charge on any atom is 0.416 e. The quantitative estimate of drug-likeness (QED) is 0.579. The van der Waals surface area contributed by atoms with E-state index in [4.69, 9.17) is 11.6 Å². The third kappa shape index (κ3) is 5.12. The summed E-state index contributed by atoms with van der Waals surface area (Å²) in [6.45, 7) is 6.05. The van der Waals surface area contributed by atoms with Crippen LogP contribution in [0.25, 0.3) is 10.3 Å². The summed E-state index contributed by atoms with van der Waals surface area (Å²) in [5.41, 5.74) is -1.28. The van der Waals surface area contributed by atoms with Gasteiger partial charge in [-0.2, -0.15) is 18.2 Å². The van der Waals surface area contributed by atoms with E-state index in [1.165, 1.54) is 17.7 Å². The SMILES string of the molecule is CCN1CCN(c2nc3ncn(CC(=O)Nc4cc(C(F)(F)F)ccc4Cl)c(=O)c3s2)CC1. The summed E-state index contributed by atoms with van der Waals surface area (Å²) in [5.74, 6) is -0.708. The normalized spacial score (nSPS) is 15.2. The molecule has 1 aliphatic rings. The smallest absolute Gasteiger partial charge is 0.345 e. The van der Waals surface area contributed by atoms with Crippen LogP contribution in [-0.4, -0.2) is 58.1 Å². The first-order valence-electron chi connectivity index (χ1n) is 10.2. The molecule has 0 bridgehead atoms. The Morgan fingerprint density at radius 3 is 2.64 bits per heavy atom. The molecule has 0 spiro atoms. The molecule has 1 aromatic carbocycles. The summed E-state index contributed by atoms with van der Waals surface area (Å²) in [6.07, 6.45) is -3.38. The lowest BCUT2D eigenvalue weighted by Gasteiger charge is -2.33. The molecule has 3 aromatic rings. The first-order valence-corrected chi connectivity index (χ1v) is 11.3. The maximum atomic E-state index is 12.9. The van der Waals surface area contributed by atoms with Crippen molar-refractivity contribution in [3.8, 4) is 0 Å². The molecule has 0 radical (unpaired) electrons. The molecule has 1 N–H and O–H groups in total. The summed E-state index contributed by atoms with van der Waals surface area (Å²) >= 11 is 7.13. The van der Waals surface area contributed by atoms with Crippen LogP contribution >= 0.6 is 22.9 Å². The molecule has 2 aromatic heterocycles. The van der Waals surface area contributed by atoms with Gasteiger partial charge in [0.05, 0.1) is 16.3 Å². The van der Waals surface area contributed by atoms with Crippen molar-refractivity contribution < 1.29 is 18.0 Å². The maximum absolute atomic E-state index is 12.9. The van der Waals surface area contributed by atoms with Crippen molar-refractivity contribution in [1.29, 1.82) is 0 Å². The number of halogens is 4. The number of carbonyl (C=O) groups is 1. The molecule has 0 atom stereocenters. The van der Waals surface area contributed by atoms with E-state index in [9.17, 15) is 22.8 Å². The van der Waals surface area contributed by atoms with E-state index in [0.29, 0.717) is 15.5 Å². The summed E-state index contributed by atoms with van der Waals surface area (Å²) < 4.78 is 40.2. The van der Waals surface area contributed by atoms with Crippen LogP contribution in [0.5, 0.6) is 0 Å². The third-order valence-corrected chi connectivity index (χ3v) is 6.77. The Labute approximate surface area is 195 Å². The van der Waals surface area contributed by atoms with Crippen LogP contribution in [0.2, 0.25) is 5.02 Å². The number of nitrogens with zero attached hydrogens (tertiary/aromatic N) is 5. The number of carbonyl (C=O) groups excluding carboxylic acids is 1. The number of aromatic nitrogens is 3. The van der Waals surface area contributed by atoms with Gasteiger partial charge >= 0.3 is 6.18 Å². The molecule has 1 amide bonds. The largest absolute Gasteiger partial charge is 0.416 e. The topological polar surface area (TPSA) is 83.4 Å². The van der Waals surface area contributed by atoms with E-state index in [0.717, 1.165) is 55.5 Å². The van der Waals surface area contributed by atoms with Crippen molar-refractivity contribution in [3.05, 3.63) is 45.5 Å². The second kappa shape index (κ2) is 9.27. The molecular formula is C20H20ClF3N6O2S. The van der Waals surface area contributed by atoms with Gasteiger partial charge in [0.15, 0.2) is 10.8 Å². The molecule has 33 heavy (non-hydrogen) atoms. The summed E-state index contributed by atoms with van der Waals surface area (Å²) in [5, 5.41) is 2.98. The van der Waals surface area contributed by atoms with Crippen LogP contribution in [0.4, 0.5) is 24.0 Å². The minimum Gasteiger partial charge on any atom is -0.345 e. The number of hydrogen-bond donors (Lipinski definition) is 1.